The van der Waals surface area contributed by atoms with Crippen molar-refractivity contribution in [2.45, 2.75) is 45.9 Å². The summed E-state index contributed by atoms with van der Waals surface area (Å²) in [5, 5.41) is 13.8. The van der Waals surface area contributed by atoms with Gasteiger partial charge in [-0.2, -0.15) is 0 Å². The van der Waals surface area contributed by atoms with Gasteiger partial charge in [-0.15, -0.1) is 5.10 Å². The number of hydrogen-bond donors (Lipinski definition) is 1. The van der Waals surface area contributed by atoms with E-state index in [0.717, 1.165) is 51.3 Å². The van der Waals surface area contributed by atoms with Crippen molar-refractivity contribution in [1.29, 1.82) is 0 Å². The van der Waals surface area contributed by atoms with E-state index >= 15 is 0 Å². The van der Waals surface area contributed by atoms with Gasteiger partial charge in [0.1, 0.15) is 11.5 Å². The van der Waals surface area contributed by atoms with Crippen molar-refractivity contribution in [1.82, 2.24) is 30.1 Å². The number of pyridine rings is 1. The Labute approximate surface area is 233 Å². The van der Waals surface area contributed by atoms with Crippen molar-refractivity contribution in [2.24, 2.45) is 0 Å². The molecule has 3 aromatic carbocycles. The van der Waals surface area contributed by atoms with Crippen LogP contribution in [0.1, 0.15) is 47.5 Å². The van der Waals surface area contributed by atoms with E-state index < -0.39 is 0 Å². The number of benzene rings is 3. The lowest BCUT2D eigenvalue weighted by Crippen LogP contribution is -2.32. The number of ether oxygens (including phenoxy) is 2. The number of tetrazole rings is 1. The number of nitrogens with zero attached hydrogens (tertiary/aromatic N) is 5. The van der Waals surface area contributed by atoms with E-state index in [1.165, 1.54) is 0 Å². The van der Waals surface area contributed by atoms with E-state index in [4.69, 9.17) is 9.47 Å². The maximum atomic E-state index is 13.2. The third-order valence-electron chi connectivity index (χ3n) is 7.17. The van der Waals surface area contributed by atoms with Gasteiger partial charge in [0.15, 0.2) is 5.82 Å². The minimum atomic E-state index is -0.136. The molecule has 9 heteroatoms. The summed E-state index contributed by atoms with van der Waals surface area (Å²) in [7, 11) is 3.31. The van der Waals surface area contributed by atoms with Gasteiger partial charge in [0.25, 0.3) is 5.56 Å². The van der Waals surface area contributed by atoms with E-state index in [1.807, 2.05) is 78.3 Å². The first-order valence-corrected chi connectivity index (χ1v) is 13.4. The molecule has 0 aliphatic rings. The highest BCUT2D eigenvalue weighted by Crippen LogP contribution is 2.28. The molecule has 206 valence electrons. The minimum absolute atomic E-state index is 0.0921. The number of aryl methyl sites for hydroxylation is 1. The fourth-order valence-corrected chi connectivity index (χ4v) is 5.01. The summed E-state index contributed by atoms with van der Waals surface area (Å²) in [5.74, 6) is 2.35. The Morgan fingerprint density at radius 2 is 1.57 bits per heavy atom. The fourth-order valence-electron chi connectivity index (χ4n) is 5.01. The Kier molecular flexibility index (Phi) is 8.21. The molecule has 0 bridgehead atoms. The van der Waals surface area contributed by atoms with Gasteiger partial charge in [0.05, 0.1) is 26.8 Å². The highest BCUT2D eigenvalue weighted by molar-refractivity contribution is 5.79. The number of fused-ring (bicyclic) bond motifs is 1. The summed E-state index contributed by atoms with van der Waals surface area (Å²) >= 11 is 0. The van der Waals surface area contributed by atoms with Crippen LogP contribution in [0.5, 0.6) is 11.5 Å². The zero-order valence-corrected chi connectivity index (χ0v) is 23.3. The molecule has 40 heavy (non-hydrogen) atoms. The molecule has 2 heterocycles. The summed E-state index contributed by atoms with van der Waals surface area (Å²) in [4.78, 5) is 18.6. The summed E-state index contributed by atoms with van der Waals surface area (Å²) < 4.78 is 12.5. The molecular weight excluding hydrogens is 504 g/mol. The molecule has 1 N–H and O–H groups in total. The molecule has 2 aromatic heterocycles. The lowest BCUT2D eigenvalue weighted by molar-refractivity contribution is 0.161. The van der Waals surface area contributed by atoms with Crippen LogP contribution in [0.4, 0.5) is 0 Å². The molecule has 0 unspecified atom stereocenters. The van der Waals surface area contributed by atoms with Crippen LogP contribution in [-0.2, 0) is 19.6 Å². The smallest absolute Gasteiger partial charge is 0.252 e. The van der Waals surface area contributed by atoms with Gasteiger partial charge < -0.3 is 14.5 Å². The van der Waals surface area contributed by atoms with Gasteiger partial charge in [-0.05, 0) is 82.2 Å². The summed E-state index contributed by atoms with van der Waals surface area (Å²) in [6.45, 7) is 5.69. The lowest BCUT2D eigenvalue weighted by Gasteiger charge is -2.30. The molecular formula is C31H34N6O3. The van der Waals surface area contributed by atoms with Crippen LogP contribution in [0.25, 0.3) is 10.9 Å². The number of methoxy groups -OCH3 is 2. The van der Waals surface area contributed by atoms with Gasteiger partial charge in [0.2, 0.25) is 0 Å². The topological polar surface area (TPSA) is 98.2 Å². The van der Waals surface area contributed by atoms with Crippen molar-refractivity contribution in [3.63, 3.8) is 0 Å². The second-order valence-electron chi connectivity index (χ2n) is 9.93. The first kappa shape index (κ1) is 27.1. The molecule has 5 aromatic rings. The van der Waals surface area contributed by atoms with Crippen LogP contribution in [0.3, 0.4) is 0 Å². The molecule has 9 nitrogen and oxygen atoms in total. The Hall–Kier alpha value is -4.50. The number of rotatable bonds is 11. The predicted molar refractivity (Wildman–Crippen MR) is 154 cm³/mol. The normalized spacial score (nSPS) is 12.1. The van der Waals surface area contributed by atoms with E-state index in [2.05, 4.69) is 38.4 Å². The van der Waals surface area contributed by atoms with Gasteiger partial charge in [-0.3, -0.25) is 9.69 Å². The second kappa shape index (κ2) is 12.1. The van der Waals surface area contributed by atoms with Gasteiger partial charge in [0, 0.05) is 24.2 Å². The van der Waals surface area contributed by atoms with Crippen LogP contribution in [-0.4, -0.2) is 44.3 Å². The quantitative estimate of drug-likeness (QED) is 0.252. The standard InChI is InChI=1S/C31H34N6O3/c1-5-29(30-33-34-35-37(30)19-23-9-14-27(40-4)15-10-23)36(18-22-7-12-26(39-3)13-8-22)20-25-17-24-11-6-21(2)16-28(24)32-31(25)38/h6-17,29H,5,18-20H2,1-4H3,(H,32,38)/t29-/m0/s1. The van der Waals surface area contributed by atoms with Crippen LogP contribution >= 0.6 is 0 Å². The van der Waals surface area contributed by atoms with Crippen molar-refractivity contribution in [3.05, 3.63) is 111 Å². The average Bonchev–Trinajstić information content (AvgIpc) is 3.42. The summed E-state index contributed by atoms with van der Waals surface area (Å²) in [6.07, 6.45) is 0.754. The van der Waals surface area contributed by atoms with Crippen molar-refractivity contribution >= 4 is 10.9 Å². The number of aromatic nitrogens is 5. The monoisotopic (exact) mass is 538 g/mol. The van der Waals surface area contributed by atoms with Gasteiger partial charge >= 0.3 is 0 Å². The number of H-pyrrole nitrogens is 1. The maximum Gasteiger partial charge on any atom is 0.252 e. The van der Waals surface area contributed by atoms with Gasteiger partial charge in [-0.25, -0.2) is 4.68 Å². The Morgan fingerprint density at radius 1 is 0.900 bits per heavy atom. The summed E-state index contributed by atoms with van der Waals surface area (Å²) in [5.41, 5.74) is 4.70. The minimum Gasteiger partial charge on any atom is -0.497 e. The largest absolute Gasteiger partial charge is 0.497 e. The van der Waals surface area contributed by atoms with Crippen LogP contribution in [0.2, 0.25) is 0 Å². The number of aromatic amines is 1. The van der Waals surface area contributed by atoms with Crippen molar-refractivity contribution in [2.75, 3.05) is 14.2 Å². The summed E-state index contributed by atoms with van der Waals surface area (Å²) in [6, 6.07) is 23.8. The van der Waals surface area contributed by atoms with E-state index in [9.17, 15) is 4.79 Å². The second-order valence-corrected chi connectivity index (χ2v) is 9.93. The Morgan fingerprint density at radius 3 is 2.23 bits per heavy atom. The molecule has 0 spiro atoms. The van der Waals surface area contributed by atoms with Crippen LogP contribution in [0.15, 0.2) is 77.6 Å². The third-order valence-corrected chi connectivity index (χ3v) is 7.17. The number of hydrogen-bond acceptors (Lipinski definition) is 7. The first-order valence-electron chi connectivity index (χ1n) is 13.4. The first-order chi connectivity index (χ1) is 19.5. The van der Waals surface area contributed by atoms with Gasteiger partial charge in [-0.1, -0.05) is 43.3 Å². The zero-order chi connectivity index (χ0) is 28.1. The highest BCUT2D eigenvalue weighted by atomic mass is 16.5. The highest BCUT2D eigenvalue weighted by Gasteiger charge is 2.26. The zero-order valence-electron chi connectivity index (χ0n) is 23.3. The van der Waals surface area contributed by atoms with E-state index in [-0.39, 0.29) is 11.6 Å². The maximum absolute atomic E-state index is 13.2. The predicted octanol–water partition coefficient (Wildman–Crippen LogP) is 5.04. The van der Waals surface area contributed by atoms with E-state index in [0.29, 0.717) is 25.2 Å². The average molecular weight is 539 g/mol. The molecule has 0 saturated heterocycles. The van der Waals surface area contributed by atoms with Crippen LogP contribution < -0.4 is 15.0 Å². The molecule has 0 aliphatic carbocycles. The molecule has 0 aliphatic heterocycles. The SMILES string of the molecule is CC[C@@H](c1nnnn1Cc1ccc(OC)cc1)N(Cc1ccc(OC)cc1)Cc1cc2ccc(C)cc2[nH]c1=O. The lowest BCUT2D eigenvalue weighted by atomic mass is 10.1. The third kappa shape index (κ3) is 6.05. The van der Waals surface area contributed by atoms with E-state index in [1.54, 1.807) is 14.2 Å². The number of nitrogens with one attached hydrogen (secondary N) is 1. The Bertz CT molecular complexity index is 1630. The molecule has 0 saturated carbocycles. The van der Waals surface area contributed by atoms with Crippen molar-refractivity contribution < 1.29 is 9.47 Å². The van der Waals surface area contributed by atoms with Crippen LogP contribution in [0, 0.1) is 6.92 Å². The molecule has 0 fully saturated rings. The molecule has 0 radical (unpaired) electrons. The molecule has 1 atom stereocenters. The molecule has 5 rings (SSSR count). The van der Waals surface area contributed by atoms with Crippen molar-refractivity contribution in [3.8, 4) is 11.5 Å². The fraction of sp³-hybridized carbons (Fsp3) is 0.290. The Balaban J connectivity index is 1.50. The molecule has 0 amide bonds.